The molecule has 1 N–H and O–H groups in total. The monoisotopic (exact) mass is 167 g/mol. The van der Waals surface area contributed by atoms with E-state index in [0.717, 1.165) is 12.1 Å². The SMILES string of the molecule is CCC(C)Nc1cccc(F)c1. The van der Waals surface area contributed by atoms with Crippen LogP contribution in [0.1, 0.15) is 20.3 Å². The van der Waals surface area contributed by atoms with Crippen LogP contribution in [0.4, 0.5) is 10.1 Å². The number of anilines is 1. The van der Waals surface area contributed by atoms with Gasteiger partial charge in [0.05, 0.1) is 0 Å². The molecule has 1 nitrogen and oxygen atoms in total. The summed E-state index contributed by atoms with van der Waals surface area (Å²) in [5.74, 6) is -0.191. The van der Waals surface area contributed by atoms with Gasteiger partial charge in [-0.05, 0) is 31.5 Å². The van der Waals surface area contributed by atoms with Crippen LogP contribution >= 0.6 is 0 Å². The van der Waals surface area contributed by atoms with Gasteiger partial charge >= 0.3 is 0 Å². The van der Waals surface area contributed by atoms with Crippen LogP contribution in [-0.2, 0) is 0 Å². The summed E-state index contributed by atoms with van der Waals surface area (Å²) < 4.78 is 12.7. The van der Waals surface area contributed by atoms with Gasteiger partial charge in [-0.3, -0.25) is 0 Å². The second-order valence-electron chi connectivity index (χ2n) is 2.96. The average Bonchev–Trinajstić information content (AvgIpc) is 2.04. The molecule has 0 bridgehead atoms. The van der Waals surface area contributed by atoms with Crippen LogP contribution in [0.25, 0.3) is 0 Å². The molecule has 0 spiro atoms. The lowest BCUT2D eigenvalue weighted by atomic mass is 10.2. The predicted molar refractivity (Wildman–Crippen MR) is 49.8 cm³/mol. The molecule has 1 atom stereocenters. The highest BCUT2D eigenvalue weighted by atomic mass is 19.1. The molecule has 0 aliphatic rings. The third-order valence-corrected chi connectivity index (χ3v) is 1.85. The Morgan fingerprint density at radius 2 is 2.25 bits per heavy atom. The van der Waals surface area contributed by atoms with Crippen molar-refractivity contribution < 1.29 is 4.39 Å². The molecule has 1 unspecified atom stereocenters. The van der Waals surface area contributed by atoms with Gasteiger partial charge in [0.15, 0.2) is 0 Å². The maximum Gasteiger partial charge on any atom is 0.125 e. The fourth-order valence-electron chi connectivity index (χ4n) is 0.965. The fraction of sp³-hybridized carbons (Fsp3) is 0.400. The number of halogens is 1. The van der Waals surface area contributed by atoms with Gasteiger partial charge in [-0.25, -0.2) is 4.39 Å². The Kier molecular flexibility index (Phi) is 3.09. The smallest absolute Gasteiger partial charge is 0.125 e. The van der Waals surface area contributed by atoms with Gasteiger partial charge in [0.1, 0.15) is 5.82 Å². The van der Waals surface area contributed by atoms with Crippen LogP contribution in [0.5, 0.6) is 0 Å². The molecule has 0 saturated heterocycles. The molecule has 0 saturated carbocycles. The second-order valence-corrected chi connectivity index (χ2v) is 2.96. The number of benzene rings is 1. The predicted octanol–water partition coefficient (Wildman–Crippen LogP) is 3.04. The zero-order chi connectivity index (χ0) is 8.97. The highest BCUT2D eigenvalue weighted by Crippen LogP contribution is 2.10. The van der Waals surface area contributed by atoms with Crippen LogP contribution in [0.2, 0.25) is 0 Å². The van der Waals surface area contributed by atoms with Crippen molar-refractivity contribution in [2.45, 2.75) is 26.3 Å². The van der Waals surface area contributed by atoms with Crippen LogP contribution in [-0.4, -0.2) is 6.04 Å². The summed E-state index contributed by atoms with van der Waals surface area (Å²) in [4.78, 5) is 0. The fourth-order valence-corrected chi connectivity index (χ4v) is 0.965. The number of hydrogen-bond donors (Lipinski definition) is 1. The summed E-state index contributed by atoms with van der Waals surface area (Å²) >= 11 is 0. The first-order valence-corrected chi connectivity index (χ1v) is 4.24. The van der Waals surface area contributed by atoms with E-state index in [1.807, 2.05) is 6.07 Å². The molecule has 0 aliphatic carbocycles. The van der Waals surface area contributed by atoms with E-state index in [2.05, 4.69) is 19.2 Å². The first-order chi connectivity index (χ1) is 5.72. The highest BCUT2D eigenvalue weighted by Gasteiger charge is 1.98. The average molecular weight is 167 g/mol. The molecule has 0 aliphatic heterocycles. The Balaban J connectivity index is 2.63. The summed E-state index contributed by atoms with van der Waals surface area (Å²) in [5, 5.41) is 3.19. The molecule has 0 radical (unpaired) electrons. The number of nitrogens with one attached hydrogen (secondary N) is 1. The molecule has 0 fully saturated rings. The van der Waals surface area contributed by atoms with E-state index >= 15 is 0 Å². The van der Waals surface area contributed by atoms with E-state index < -0.39 is 0 Å². The lowest BCUT2D eigenvalue weighted by molar-refractivity contribution is 0.627. The second kappa shape index (κ2) is 4.10. The molecule has 2 heteroatoms. The van der Waals surface area contributed by atoms with Crippen molar-refractivity contribution in [3.63, 3.8) is 0 Å². The van der Waals surface area contributed by atoms with Crippen molar-refractivity contribution >= 4 is 5.69 Å². The lowest BCUT2D eigenvalue weighted by Crippen LogP contribution is -2.13. The van der Waals surface area contributed by atoms with Crippen molar-refractivity contribution in [3.05, 3.63) is 30.1 Å². The van der Waals surface area contributed by atoms with Crippen LogP contribution in [0.3, 0.4) is 0 Å². The van der Waals surface area contributed by atoms with Crippen LogP contribution in [0.15, 0.2) is 24.3 Å². The summed E-state index contributed by atoms with van der Waals surface area (Å²) in [7, 11) is 0. The van der Waals surface area contributed by atoms with Crippen molar-refractivity contribution in [3.8, 4) is 0 Å². The van der Waals surface area contributed by atoms with Crippen molar-refractivity contribution in [1.82, 2.24) is 0 Å². The van der Waals surface area contributed by atoms with Gasteiger partial charge in [-0.2, -0.15) is 0 Å². The largest absolute Gasteiger partial charge is 0.383 e. The van der Waals surface area contributed by atoms with Crippen LogP contribution < -0.4 is 5.32 Å². The molecule has 0 amide bonds. The molecule has 12 heavy (non-hydrogen) atoms. The Bertz CT molecular complexity index is 247. The lowest BCUT2D eigenvalue weighted by Gasteiger charge is -2.12. The van der Waals surface area contributed by atoms with E-state index in [1.54, 1.807) is 6.07 Å². The van der Waals surface area contributed by atoms with E-state index in [0.29, 0.717) is 6.04 Å². The summed E-state index contributed by atoms with van der Waals surface area (Å²) in [6.45, 7) is 4.17. The van der Waals surface area contributed by atoms with E-state index in [4.69, 9.17) is 0 Å². The molecule has 1 aromatic carbocycles. The maximum absolute atomic E-state index is 12.7. The van der Waals surface area contributed by atoms with E-state index in [-0.39, 0.29) is 5.82 Å². The van der Waals surface area contributed by atoms with Gasteiger partial charge in [-0.15, -0.1) is 0 Å². The van der Waals surface area contributed by atoms with Crippen molar-refractivity contribution in [2.75, 3.05) is 5.32 Å². The molecular weight excluding hydrogens is 153 g/mol. The minimum absolute atomic E-state index is 0.191. The molecule has 0 heterocycles. The minimum Gasteiger partial charge on any atom is -0.383 e. The summed E-state index contributed by atoms with van der Waals surface area (Å²) in [6, 6.07) is 6.93. The Morgan fingerprint density at radius 1 is 1.50 bits per heavy atom. The van der Waals surface area contributed by atoms with E-state index in [1.165, 1.54) is 12.1 Å². The zero-order valence-electron chi connectivity index (χ0n) is 7.47. The van der Waals surface area contributed by atoms with Crippen molar-refractivity contribution in [2.24, 2.45) is 0 Å². The highest BCUT2D eigenvalue weighted by molar-refractivity contribution is 5.43. The Morgan fingerprint density at radius 3 is 2.83 bits per heavy atom. The number of rotatable bonds is 3. The third-order valence-electron chi connectivity index (χ3n) is 1.85. The molecule has 66 valence electrons. The molecule has 1 aromatic rings. The van der Waals surface area contributed by atoms with E-state index in [9.17, 15) is 4.39 Å². The quantitative estimate of drug-likeness (QED) is 0.729. The van der Waals surface area contributed by atoms with Crippen LogP contribution in [0, 0.1) is 5.82 Å². The topological polar surface area (TPSA) is 12.0 Å². The first kappa shape index (κ1) is 9.04. The normalized spacial score (nSPS) is 12.6. The maximum atomic E-state index is 12.7. The van der Waals surface area contributed by atoms with Gasteiger partial charge in [0.25, 0.3) is 0 Å². The molecule has 1 rings (SSSR count). The number of hydrogen-bond acceptors (Lipinski definition) is 1. The summed E-state index contributed by atoms with van der Waals surface area (Å²) in [6.07, 6.45) is 1.04. The van der Waals surface area contributed by atoms with Gasteiger partial charge < -0.3 is 5.32 Å². The first-order valence-electron chi connectivity index (χ1n) is 4.24. The van der Waals surface area contributed by atoms with Gasteiger partial charge in [0, 0.05) is 11.7 Å². The summed E-state index contributed by atoms with van der Waals surface area (Å²) in [5.41, 5.74) is 0.851. The Hall–Kier alpha value is -1.05. The molecular formula is C10H14FN. The van der Waals surface area contributed by atoms with Gasteiger partial charge in [-0.1, -0.05) is 13.0 Å². The van der Waals surface area contributed by atoms with Crippen molar-refractivity contribution in [1.29, 1.82) is 0 Å². The molecule has 0 aromatic heterocycles. The zero-order valence-corrected chi connectivity index (χ0v) is 7.47. The Labute approximate surface area is 72.6 Å². The van der Waals surface area contributed by atoms with Gasteiger partial charge in [0.2, 0.25) is 0 Å². The third kappa shape index (κ3) is 2.53. The standard InChI is InChI=1S/C10H14FN/c1-3-8(2)12-10-6-4-5-9(11)7-10/h4-8,12H,3H2,1-2H3. The minimum atomic E-state index is -0.191.